The van der Waals surface area contributed by atoms with Gasteiger partial charge in [0.15, 0.2) is 5.78 Å². The normalized spacial score (nSPS) is 9.77. The molecule has 1 nitrogen and oxygen atoms in total. The van der Waals surface area contributed by atoms with Gasteiger partial charge >= 0.3 is 0 Å². The van der Waals surface area contributed by atoms with Gasteiger partial charge < -0.3 is 0 Å². The highest BCUT2D eigenvalue weighted by atomic mass is 79.9. The Bertz CT molecular complexity index is 371. The Kier molecular flexibility index (Phi) is 3.28. The van der Waals surface area contributed by atoms with Gasteiger partial charge in [-0.2, -0.15) is 0 Å². The lowest BCUT2D eigenvalue weighted by molar-refractivity contribution is 0.103. The highest BCUT2D eigenvalue weighted by Crippen LogP contribution is 2.27. The number of halogens is 2. The molecule has 1 aromatic rings. The molecule has 0 aliphatic rings. The van der Waals surface area contributed by atoms with Gasteiger partial charge in [-0.3, -0.25) is 4.79 Å². The monoisotopic (exact) mass is 258 g/mol. The van der Waals surface area contributed by atoms with Crippen LogP contribution in [0.5, 0.6) is 0 Å². The second-order valence-electron chi connectivity index (χ2n) is 2.71. The Hall–Kier alpha value is -0.600. The van der Waals surface area contributed by atoms with E-state index in [4.69, 9.17) is 11.6 Å². The molecule has 3 heteroatoms. The molecule has 0 aromatic heterocycles. The maximum Gasteiger partial charge on any atom is 0.189 e. The number of allylic oxidation sites excluding steroid dienone is 1. The van der Waals surface area contributed by atoms with Crippen LogP contribution in [0.3, 0.4) is 0 Å². The Morgan fingerprint density at radius 1 is 1.54 bits per heavy atom. The van der Waals surface area contributed by atoms with E-state index in [1.165, 1.54) is 0 Å². The fourth-order valence-electron chi connectivity index (χ4n) is 0.909. The lowest BCUT2D eigenvalue weighted by atomic mass is 10.1. The first-order valence-corrected chi connectivity index (χ1v) is 4.85. The average Bonchev–Trinajstić information content (AvgIpc) is 2.08. The fourth-order valence-corrected chi connectivity index (χ4v) is 1.49. The molecule has 0 aliphatic heterocycles. The lowest BCUT2D eigenvalue weighted by Gasteiger charge is -2.03. The van der Waals surface area contributed by atoms with Crippen molar-refractivity contribution in [3.05, 3.63) is 45.4 Å². The van der Waals surface area contributed by atoms with Crippen molar-refractivity contribution in [3.8, 4) is 0 Å². The largest absolute Gasteiger partial charge is 0.289 e. The number of carbonyl (C=O) groups excluding carboxylic acids is 1. The van der Waals surface area contributed by atoms with Gasteiger partial charge in [-0.1, -0.05) is 24.2 Å². The van der Waals surface area contributed by atoms with Crippen LogP contribution in [-0.4, -0.2) is 5.78 Å². The maximum absolute atomic E-state index is 11.5. The van der Waals surface area contributed by atoms with Crippen LogP contribution < -0.4 is 0 Å². The summed E-state index contributed by atoms with van der Waals surface area (Å²) < 4.78 is 0.723. The topological polar surface area (TPSA) is 17.1 Å². The fraction of sp³-hybridized carbons (Fsp3) is 0.100. The zero-order valence-corrected chi connectivity index (χ0v) is 9.45. The number of carbonyl (C=O) groups is 1. The molecule has 0 radical (unpaired) electrons. The molecule has 0 amide bonds. The third kappa shape index (κ3) is 2.20. The molecule has 0 atom stereocenters. The van der Waals surface area contributed by atoms with Gasteiger partial charge in [0.1, 0.15) is 0 Å². The summed E-state index contributed by atoms with van der Waals surface area (Å²) in [5, 5.41) is 0.440. The Morgan fingerprint density at radius 2 is 2.15 bits per heavy atom. The van der Waals surface area contributed by atoms with Gasteiger partial charge in [0.25, 0.3) is 0 Å². The quantitative estimate of drug-likeness (QED) is 0.582. The first kappa shape index (κ1) is 10.5. The molecular formula is C10H8BrClO. The minimum atomic E-state index is -0.119. The van der Waals surface area contributed by atoms with Crippen molar-refractivity contribution in [1.29, 1.82) is 0 Å². The van der Waals surface area contributed by atoms with Crippen molar-refractivity contribution in [2.75, 3.05) is 0 Å². The van der Waals surface area contributed by atoms with E-state index in [-0.39, 0.29) is 5.78 Å². The molecule has 0 unspecified atom stereocenters. The smallest absolute Gasteiger partial charge is 0.189 e. The minimum Gasteiger partial charge on any atom is -0.289 e. The van der Waals surface area contributed by atoms with Gasteiger partial charge in [0.05, 0.1) is 5.02 Å². The summed E-state index contributed by atoms with van der Waals surface area (Å²) in [6, 6.07) is 5.24. The zero-order valence-electron chi connectivity index (χ0n) is 7.10. The highest BCUT2D eigenvalue weighted by Gasteiger charge is 2.12. The van der Waals surface area contributed by atoms with E-state index < -0.39 is 0 Å². The number of hydrogen-bond acceptors (Lipinski definition) is 1. The van der Waals surface area contributed by atoms with E-state index in [9.17, 15) is 4.79 Å². The summed E-state index contributed by atoms with van der Waals surface area (Å²) in [6.45, 7) is 5.24. The second-order valence-corrected chi connectivity index (χ2v) is 3.94. The molecule has 1 aromatic carbocycles. The van der Waals surface area contributed by atoms with Gasteiger partial charge in [-0.25, -0.2) is 0 Å². The standard InChI is InChI=1S/C10H8BrClO/c1-6(2)10(13)7-4-3-5-8(11)9(7)12/h3-5H,1H2,2H3. The molecule has 0 bridgehead atoms. The van der Waals surface area contributed by atoms with Gasteiger partial charge in [-0.05, 0) is 40.6 Å². The van der Waals surface area contributed by atoms with Crippen LogP contribution >= 0.6 is 27.5 Å². The summed E-state index contributed by atoms with van der Waals surface area (Å²) in [5.74, 6) is -0.119. The van der Waals surface area contributed by atoms with E-state index in [2.05, 4.69) is 22.5 Å². The molecule has 0 aliphatic carbocycles. The van der Waals surface area contributed by atoms with Crippen LogP contribution in [-0.2, 0) is 0 Å². The highest BCUT2D eigenvalue weighted by molar-refractivity contribution is 9.10. The first-order valence-electron chi connectivity index (χ1n) is 3.68. The van der Waals surface area contributed by atoms with Crippen LogP contribution in [0, 0.1) is 0 Å². The summed E-state index contributed by atoms with van der Waals surface area (Å²) >= 11 is 9.17. The van der Waals surface area contributed by atoms with Crippen LogP contribution in [0.4, 0.5) is 0 Å². The predicted molar refractivity (Wildman–Crippen MR) is 58.3 cm³/mol. The molecule has 0 saturated carbocycles. The van der Waals surface area contributed by atoms with Crippen molar-refractivity contribution in [3.63, 3.8) is 0 Å². The molecule has 0 fully saturated rings. The summed E-state index contributed by atoms with van der Waals surface area (Å²) in [7, 11) is 0. The summed E-state index contributed by atoms with van der Waals surface area (Å²) in [4.78, 5) is 11.5. The van der Waals surface area contributed by atoms with Crippen molar-refractivity contribution in [2.24, 2.45) is 0 Å². The van der Waals surface area contributed by atoms with E-state index in [0.717, 1.165) is 4.47 Å². The number of Topliss-reactive ketones (excluding diaryl/α,β-unsaturated/α-hetero) is 1. The molecule has 0 heterocycles. The van der Waals surface area contributed by atoms with Crippen LogP contribution in [0.25, 0.3) is 0 Å². The van der Waals surface area contributed by atoms with E-state index in [1.54, 1.807) is 25.1 Å². The summed E-state index contributed by atoms with van der Waals surface area (Å²) in [5.41, 5.74) is 0.976. The third-order valence-corrected chi connectivity index (χ3v) is 2.88. The number of benzene rings is 1. The van der Waals surface area contributed by atoms with Crippen molar-refractivity contribution < 1.29 is 4.79 Å². The lowest BCUT2D eigenvalue weighted by Crippen LogP contribution is -2.00. The second kappa shape index (κ2) is 4.07. The van der Waals surface area contributed by atoms with Crippen LogP contribution in [0.15, 0.2) is 34.8 Å². The van der Waals surface area contributed by atoms with E-state index >= 15 is 0 Å². The van der Waals surface area contributed by atoms with Crippen molar-refractivity contribution in [2.45, 2.75) is 6.92 Å². The average molecular weight is 260 g/mol. The van der Waals surface area contributed by atoms with E-state index in [1.807, 2.05) is 0 Å². The van der Waals surface area contributed by atoms with E-state index in [0.29, 0.717) is 16.2 Å². The Labute approximate surface area is 90.5 Å². The predicted octanol–water partition coefficient (Wildman–Crippen LogP) is 3.86. The van der Waals surface area contributed by atoms with Gasteiger partial charge in [-0.15, -0.1) is 0 Å². The molecule has 1 rings (SSSR count). The molecule has 0 saturated heterocycles. The van der Waals surface area contributed by atoms with Crippen molar-refractivity contribution >= 4 is 33.3 Å². The molecular weight excluding hydrogens is 251 g/mol. The van der Waals surface area contributed by atoms with Crippen LogP contribution in [0.1, 0.15) is 17.3 Å². The maximum atomic E-state index is 11.5. The first-order chi connectivity index (χ1) is 6.04. The molecule has 0 N–H and O–H groups in total. The number of ketones is 1. The third-order valence-electron chi connectivity index (χ3n) is 1.58. The molecule has 68 valence electrons. The SMILES string of the molecule is C=C(C)C(=O)c1cccc(Br)c1Cl. The molecule has 0 spiro atoms. The Morgan fingerprint density at radius 3 is 2.69 bits per heavy atom. The molecule has 13 heavy (non-hydrogen) atoms. The summed E-state index contributed by atoms with van der Waals surface area (Å²) in [6.07, 6.45) is 0. The van der Waals surface area contributed by atoms with Crippen LogP contribution in [0.2, 0.25) is 5.02 Å². The number of hydrogen-bond donors (Lipinski definition) is 0. The van der Waals surface area contributed by atoms with Crippen molar-refractivity contribution in [1.82, 2.24) is 0 Å². The Balaban J connectivity index is 3.23. The zero-order chi connectivity index (χ0) is 10.0. The number of rotatable bonds is 2. The van der Waals surface area contributed by atoms with Gasteiger partial charge in [0, 0.05) is 10.0 Å². The van der Waals surface area contributed by atoms with Gasteiger partial charge in [0.2, 0.25) is 0 Å². The minimum absolute atomic E-state index is 0.119.